The summed E-state index contributed by atoms with van der Waals surface area (Å²) in [6, 6.07) is 10.0. The van der Waals surface area contributed by atoms with Gasteiger partial charge in [0.2, 0.25) is 5.91 Å². The molecule has 1 fully saturated rings. The zero-order valence-corrected chi connectivity index (χ0v) is 14.9. The number of methoxy groups -OCH3 is 1. The maximum absolute atomic E-state index is 12.1. The fourth-order valence-corrected chi connectivity index (χ4v) is 3.29. The van der Waals surface area contributed by atoms with Crippen molar-refractivity contribution in [3.8, 4) is 5.75 Å². The smallest absolute Gasteiger partial charge is 0.220 e. The van der Waals surface area contributed by atoms with Gasteiger partial charge in [-0.2, -0.15) is 5.10 Å². The van der Waals surface area contributed by atoms with Gasteiger partial charge >= 0.3 is 0 Å². The van der Waals surface area contributed by atoms with Crippen LogP contribution in [0.3, 0.4) is 0 Å². The van der Waals surface area contributed by atoms with E-state index in [2.05, 4.69) is 21.4 Å². The van der Waals surface area contributed by atoms with Gasteiger partial charge in [0.15, 0.2) is 0 Å². The highest BCUT2D eigenvalue weighted by Gasteiger charge is 2.24. The summed E-state index contributed by atoms with van der Waals surface area (Å²) in [5, 5.41) is 7.37. The largest absolute Gasteiger partial charge is 0.495 e. The molecule has 1 aromatic carbocycles. The highest BCUT2D eigenvalue weighted by atomic mass is 16.5. The summed E-state index contributed by atoms with van der Waals surface area (Å²) in [6.45, 7) is 2.67. The molecule has 3 rings (SSSR count). The maximum Gasteiger partial charge on any atom is 0.220 e. The number of amides is 1. The van der Waals surface area contributed by atoms with Gasteiger partial charge in [0.1, 0.15) is 5.75 Å². The standard InChI is InChI=1S/C19H26N4O2/c1-22-11-10-16(21-22)7-8-19(24)20-13-15-9-12-23(14-15)17-5-3-4-6-18(17)25-2/h3-6,10-11,15H,7-9,12-14H2,1-2H3,(H,20,24). The molecule has 1 N–H and O–H groups in total. The number of hydrogen-bond donors (Lipinski definition) is 1. The van der Waals surface area contributed by atoms with Crippen LogP contribution in [0, 0.1) is 5.92 Å². The Morgan fingerprint density at radius 3 is 2.96 bits per heavy atom. The third-order valence-corrected chi connectivity index (χ3v) is 4.68. The van der Waals surface area contributed by atoms with Crippen LogP contribution in [0.25, 0.3) is 0 Å². The van der Waals surface area contributed by atoms with Crippen LogP contribution >= 0.6 is 0 Å². The van der Waals surface area contributed by atoms with E-state index < -0.39 is 0 Å². The summed E-state index contributed by atoms with van der Waals surface area (Å²) >= 11 is 0. The van der Waals surface area contributed by atoms with Crippen molar-refractivity contribution in [1.29, 1.82) is 0 Å². The third-order valence-electron chi connectivity index (χ3n) is 4.68. The van der Waals surface area contributed by atoms with Crippen molar-refractivity contribution in [3.63, 3.8) is 0 Å². The van der Waals surface area contributed by atoms with E-state index in [4.69, 9.17) is 4.74 Å². The molecule has 0 spiro atoms. The molecule has 1 aliphatic rings. The van der Waals surface area contributed by atoms with Crippen LogP contribution in [-0.2, 0) is 18.3 Å². The van der Waals surface area contributed by atoms with Crippen molar-refractivity contribution in [2.75, 3.05) is 31.6 Å². The molecular formula is C19H26N4O2. The summed E-state index contributed by atoms with van der Waals surface area (Å²) in [5.41, 5.74) is 2.09. The summed E-state index contributed by atoms with van der Waals surface area (Å²) in [7, 11) is 3.59. The van der Waals surface area contributed by atoms with Crippen LogP contribution in [0.5, 0.6) is 5.75 Å². The van der Waals surface area contributed by atoms with Crippen LogP contribution in [0.15, 0.2) is 36.5 Å². The lowest BCUT2D eigenvalue weighted by molar-refractivity contribution is -0.121. The van der Waals surface area contributed by atoms with Crippen LogP contribution in [-0.4, -0.2) is 42.4 Å². The fourth-order valence-electron chi connectivity index (χ4n) is 3.29. The van der Waals surface area contributed by atoms with E-state index in [0.29, 0.717) is 18.8 Å². The van der Waals surface area contributed by atoms with Crippen LogP contribution in [0.1, 0.15) is 18.5 Å². The average Bonchev–Trinajstić information content (AvgIpc) is 3.27. The monoisotopic (exact) mass is 342 g/mol. The quantitative estimate of drug-likeness (QED) is 0.836. The maximum atomic E-state index is 12.1. The normalized spacial score (nSPS) is 16.9. The lowest BCUT2D eigenvalue weighted by Gasteiger charge is -2.21. The first-order chi connectivity index (χ1) is 12.2. The average molecular weight is 342 g/mol. The first-order valence-electron chi connectivity index (χ1n) is 8.79. The molecule has 1 aromatic heterocycles. The van der Waals surface area contributed by atoms with Crippen molar-refractivity contribution in [2.24, 2.45) is 13.0 Å². The zero-order valence-electron chi connectivity index (χ0n) is 14.9. The molecule has 1 unspecified atom stereocenters. The summed E-state index contributed by atoms with van der Waals surface area (Å²) in [6.07, 6.45) is 4.15. The third kappa shape index (κ3) is 4.53. The van der Waals surface area contributed by atoms with Crippen LogP contribution in [0.2, 0.25) is 0 Å². The number of aryl methyl sites for hydroxylation is 2. The van der Waals surface area contributed by atoms with E-state index in [1.54, 1.807) is 11.8 Å². The molecule has 25 heavy (non-hydrogen) atoms. The molecule has 6 heteroatoms. The van der Waals surface area contributed by atoms with Crippen molar-refractivity contribution < 1.29 is 9.53 Å². The van der Waals surface area contributed by atoms with Gasteiger partial charge in [0.25, 0.3) is 0 Å². The van der Waals surface area contributed by atoms with E-state index in [1.165, 1.54) is 0 Å². The lowest BCUT2D eigenvalue weighted by atomic mass is 10.1. The number of para-hydroxylation sites is 2. The molecule has 0 aliphatic carbocycles. The van der Waals surface area contributed by atoms with Crippen molar-refractivity contribution in [2.45, 2.75) is 19.3 Å². The first-order valence-corrected chi connectivity index (χ1v) is 8.79. The number of benzene rings is 1. The number of nitrogens with zero attached hydrogens (tertiary/aromatic N) is 3. The van der Waals surface area contributed by atoms with E-state index >= 15 is 0 Å². The number of anilines is 1. The van der Waals surface area contributed by atoms with Gasteiger partial charge in [-0.1, -0.05) is 12.1 Å². The number of hydrogen-bond acceptors (Lipinski definition) is 4. The Labute approximate surface area is 148 Å². The van der Waals surface area contributed by atoms with Gasteiger partial charge in [-0.25, -0.2) is 0 Å². The second-order valence-electron chi connectivity index (χ2n) is 6.56. The molecule has 134 valence electrons. The van der Waals surface area contributed by atoms with Crippen molar-refractivity contribution in [3.05, 3.63) is 42.2 Å². The topological polar surface area (TPSA) is 59.4 Å². The molecule has 1 atom stereocenters. The molecular weight excluding hydrogens is 316 g/mol. The predicted octanol–water partition coefficient (Wildman–Crippen LogP) is 2.00. The van der Waals surface area contributed by atoms with E-state index in [9.17, 15) is 4.79 Å². The Kier molecular flexibility index (Phi) is 5.58. The van der Waals surface area contributed by atoms with Crippen molar-refractivity contribution in [1.82, 2.24) is 15.1 Å². The lowest BCUT2D eigenvalue weighted by Crippen LogP contribution is -2.31. The number of nitrogens with one attached hydrogen (secondary N) is 1. The van der Waals surface area contributed by atoms with Gasteiger partial charge < -0.3 is 15.0 Å². The van der Waals surface area contributed by atoms with Gasteiger partial charge in [-0.05, 0) is 30.5 Å². The SMILES string of the molecule is COc1ccccc1N1CCC(CNC(=O)CCc2ccn(C)n2)C1. The van der Waals surface area contributed by atoms with E-state index in [0.717, 1.165) is 43.2 Å². The minimum Gasteiger partial charge on any atom is -0.495 e. The number of carbonyl (C=O) groups excluding carboxylic acids is 1. The number of carbonyl (C=O) groups is 1. The van der Waals surface area contributed by atoms with Crippen molar-refractivity contribution >= 4 is 11.6 Å². The molecule has 1 aliphatic heterocycles. The first kappa shape index (κ1) is 17.3. The van der Waals surface area contributed by atoms with E-state index in [-0.39, 0.29) is 5.91 Å². The minimum absolute atomic E-state index is 0.0985. The molecule has 6 nitrogen and oxygen atoms in total. The highest BCUT2D eigenvalue weighted by Crippen LogP contribution is 2.31. The Hall–Kier alpha value is -2.50. The summed E-state index contributed by atoms with van der Waals surface area (Å²) in [5.74, 6) is 1.48. The number of ether oxygens (including phenoxy) is 1. The van der Waals surface area contributed by atoms with Gasteiger partial charge in [0, 0.05) is 45.7 Å². The summed E-state index contributed by atoms with van der Waals surface area (Å²) < 4.78 is 7.21. The highest BCUT2D eigenvalue weighted by molar-refractivity contribution is 5.76. The number of aromatic nitrogens is 2. The number of rotatable bonds is 7. The Bertz CT molecular complexity index is 713. The second-order valence-corrected chi connectivity index (χ2v) is 6.56. The molecule has 2 heterocycles. The van der Waals surface area contributed by atoms with Crippen LogP contribution < -0.4 is 15.0 Å². The van der Waals surface area contributed by atoms with E-state index in [1.807, 2.05) is 37.5 Å². The van der Waals surface area contributed by atoms with Gasteiger partial charge in [0.05, 0.1) is 18.5 Å². The predicted molar refractivity (Wildman–Crippen MR) is 97.9 cm³/mol. The molecule has 0 saturated carbocycles. The van der Waals surface area contributed by atoms with Gasteiger partial charge in [-0.3, -0.25) is 9.48 Å². The molecule has 1 amide bonds. The molecule has 0 bridgehead atoms. The molecule has 2 aromatic rings. The Balaban J connectivity index is 1.43. The minimum atomic E-state index is 0.0985. The molecule has 0 radical (unpaired) electrons. The van der Waals surface area contributed by atoms with Crippen LogP contribution in [0.4, 0.5) is 5.69 Å². The Morgan fingerprint density at radius 1 is 1.36 bits per heavy atom. The Morgan fingerprint density at radius 2 is 2.20 bits per heavy atom. The van der Waals surface area contributed by atoms with Gasteiger partial charge in [-0.15, -0.1) is 0 Å². The fraction of sp³-hybridized carbons (Fsp3) is 0.474. The zero-order chi connectivity index (χ0) is 17.6. The molecule has 1 saturated heterocycles. The second kappa shape index (κ2) is 8.05. The summed E-state index contributed by atoms with van der Waals surface area (Å²) in [4.78, 5) is 14.4.